The minimum atomic E-state index is 0.00708. The maximum atomic E-state index is 13.2. The van der Waals surface area contributed by atoms with Gasteiger partial charge in [-0.05, 0) is 66.8 Å². The van der Waals surface area contributed by atoms with Gasteiger partial charge in [-0.1, -0.05) is 42.5 Å². The van der Waals surface area contributed by atoms with Crippen LogP contribution in [0.1, 0.15) is 33.5 Å². The van der Waals surface area contributed by atoms with E-state index < -0.39 is 0 Å². The number of nitrogens with zero attached hydrogens (tertiary/aromatic N) is 3. The zero-order valence-corrected chi connectivity index (χ0v) is 18.3. The van der Waals surface area contributed by atoms with Crippen LogP contribution < -0.4 is 9.80 Å². The summed E-state index contributed by atoms with van der Waals surface area (Å²) in [6, 6.07) is 23.8. The van der Waals surface area contributed by atoms with Crippen molar-refractivity contribution in [2.24, 2.45) is 0 Å². The maximum Gasteiger partial charge on any atom is 0.324 e. The van der Waals surface area contributed by atoms with E-state index in [0.717, 1.165) is 30.8 Å². The van der Waals surface area contributed by atoms with Crippen LogP contribution in [-0.4, -0.2) is 36.5 Å². The molecule has 0 N–H and O–H groups in total. The second-order valence-electron chi connectivity index (χ2n) is 8.52. The Labute approximate surface area is 188 Å². The number of anilines is 2. The van der Waals surface area contributed by atoms with Crippen molar-refractivity contribution in [2.45, 2.75) is 26.3 Å². The minimum absolute atomic E-state index is 0.00708. The highest BCUT2D eigenvalue weighted by Crippen LogP contribution is 2.29. The monoisotopic (exact) mass is 425 g/mol. The Morgan fingerprint density at radius 1 is 0.875 bits per heavy atom. The molecule has 3 aromatic carbocycles. The summed E-state index contributed by atoms with van der Waals surface area (Å²) in [5, 5.41) is 0. The van der Waals surface area contributed by atoms with E-state index >= 15 is 0 Å². The molecule has 0 saturated carbocycles. The van der Waals surface area contributed by atoms with E-state index in [0.29, 0.717) is 25.2 Å². The molecule has 5 heteroatoms. The van der Waals surface area contributed by atoms with Gasteiger partial charge in [0.05, 0.1) is 0 Å². The van der Waals surface area contributed by atoms with E-state index in [4.69, 9.17) is 0 Å². The largest absolute Gasteiger partial charge is 0.324 e. The van der Waals surface area contributed by atoms with Crippen LogP contribution >= 0.6 is 0 Å². The summed E-state index contributed by atoms with van der Waals surface area (Å²) >= 11 is 0. The predicted octanol–water partition coefficient (Wildman–Crippen LogP) is 5.03. The number of rotatable bonds is 4. The second-order valence-corrected chi connectivity index (χ2v) is 8.52. The van der Waals surface area contributed by atoms with E-state index in [1.165, 1.54) is 16.7 Å². The zero-order chi connectivity index (χ0) is 22.1. The molecule has 0 spiro atoms. The lowest BCUT2D eigenvalue weighted by Gasteiger charge is -2.36. The standard InChI is InChI=1S/C27H27N3O2/c1-20-7-2-3-9-23(20)19-28-16-6-17-29(27(28)32)24-13-11-22(12-14-24)26(31)30-18-15-21-8-4-5-10-25(21)30/h2-5,7-14H,6,15-19H2,1H3. The molecule has 5 nitrogen and oxygen atoms in total. The van der Waals surface area contributed by atoms with Gasteiger partial charge in [0, 0.05) is 43.1 Å². The topological polar surface area (TPSA) is 43.9 Å². The average molecular weight is 426 g/mol. The summed E-state index contributed by atoms with van der Waals surface area (Å²) in [4.78, 5) is 31.8. The van der Waals surface area contributed by atoms with Crippen LogP contribution in [0, 0.1) is 6.92 Å². The Morgan fingerprint density at radius 2 is 1.62 bits per heavy atom. The Balaban J connectivity index is 1.31. The van der Waals surface area contributed by atoms with Gasteiger partial charge in [-0.3, -0.25) is 9.69 Å². The fourth-order valence-corrected chi connectivity index (χ4v) is 4.65. The lowest BCUT2D eigenvalue weighted by atomic mass is 10.1. The highest BCUT2D eigenvalue weighted by atomic mass is 16.2. The van der Waals surface area contributed by atoms with Gasteiger partial charge in [0.25, 0.3) is 5.91 Å². The van der Waals surface area contributed by atoms with Gasteiger partial charge < -0.3 is 9.80 Å². The summed E-state index contributed by atoms with van der Waals surface area (Å²) in [7, 11) is 0. The van der Waals surface area contributed by atoms with Crippen molar-refractivity contribution >= 4 is 23.3 Å². The number of carbonyl (C=O) groups excluding carboxylic acids is 2. The van der Waals surface area contributed by atoms with Gasteiger partial charge in [-0.2, -0.15) is 0 Å². The number of benzene rings is 3. The van der Waals surface area contributed by atoms with E-state index in [2.05, 4.69) is 25.1 Å². The third kappa shape index (κ3) is 3.75. The number of carbonyl (C=O) groups is 2. The molecule has 0 aliphatic carbocycles. The number of hydrogen-bond donors (Lipinski definition) is 0. The Kier molecular flexibility index (Phi) is 5.39. The number of urea groups is 1. The van der Waals surface area contributed by atoms with Gasteiger partial charge in [-0.15, -0.1) is 0 Å². The lowest BCUT2D eigenvalue weighted by Crippen LogP contribution is -2.49. The molecular weight excluding hydrogens is 398 g/mol. The van der Waals surface area contributed by atoms with Crippen LogP contribution in [0.25, 0.3) is 0 Å². The Bertz CT molecular complexity index is 1160. The Hall–Kier alpha value is -3.60. The molecule has 0 atom stereocenters. The first-order valence-corrected chi connectivity index (χ1v) is 11.2. The molecule has 2 aliphatic heterocycles. The molecule has 2 heterocycles. The van der Waals surface area contributed by atoms with Gasteiger partial charge in [-0.25, -0.2) is 4.79 Å². The molecule has 2 aliphatic rings. The number of aryl methyl sites for hydroxylation is 1. The second kappa shape index (κ2) is 8.50. The summed E-state index contributed by atoms with van der Waals surface area (Å²) in [5.74, 6) is 0.00708. The van der Waals surface area contributed by atoms with Gasteiger partial charge in [0.2, 0.25) is 0 Å². The van der Waals surface area contributed by atoms with Gasteiger partial charge in [0.15, 0.2) is 0 Å². The van der Waals surface area contributed by atoms with Crippen molar-refractivity contribution in [1.82, 2.24) is 4.90 Å². The number of fused-ring (bicyclic) bond motifs is 1. The van der Waals surface area contributed by atoms with E-state index in [1.807, 2.05) is 69.3 Å². The normalized spacial score (nSPS) is 15.8. The molecule has 0 radical (unpaired) electrons. The predicted molar refractivity (Wildman–Crippen MR) is 127 cm³/mol. The van der Waals surface area contributed by atoms with Crippen molar-refractivity contribution in [2.75, 3.05) is 29.4 Å². The summed E-state index contributed by atoms with van der Waals surface area (Å²) in [6.07, 6.45) is 1.81. The number of hydrogen-bond acceptors (Lipinski definition) is 2. The SMILES string of the molecule is Cc1ccccc1CN1CCCN(c2ccc(C(=O)N3CCc4ccccc43)cc2)C1=O. The Morgan fingerprint density at radius 3 is 2.44 bits per heavy atom. The molecule has 3 amide bonds. The smallest absolute Gasteiger partial charge is 0.320 e. The van der Waals surface area contributed by atoms with Crippen molar-refractivity contribution in [3.8, 4) is 0 Å². The molecule has 1 saturated heterocycles. The fourth-order valence-electron chi connectivity index (χ4n) is 4.65. The van der Waals surface area contributed by atoms with Crippen LogP contribution in [0.15, 0.2) is 72.8 Å². The minimum Gasteiger partial charge on any atom is -0.320 e. The first-order valence-electron chi connectivity index (χ1n) is 11.2. The average Bonchev–Trinajstić information content (AvgIpc) is 3.26. The lowest BCUT2D eigenvalue weighted by molar-refractivity contribution is 0.0989. The van der Waals surface area contributed by atoms with Crippen LogP contribution in [0.4, 0.5) is 16.2 Å². The summed E-state index contributed by atoms with van der Waals surface area (Å²) in [5.41, 5.74) is 6.07. The third-order valence-corrected chi connectivity index (χ3v) is 6.49. The fraction of sp³-hybridized carbons (Fsp3) is 0.259. The number of para-hydroxylation sites is 1. The van der Waals surface area contributed by atoms with E-state index in [9.17, 15) is 9.59 Å². The molecule has 3 aromatic rings. The van der Waals surface area contributed by atoms with E-state index in [1.54, 1.807) is 0 Å². The van der Waals surface area contributed by atoms with Crippen molar-refractivity contribution < 1.29 is 9.59 Å². The molecule has 0 unspecified atom stereocenters. The van der Waals surface area contributed by atoms with Gasteiger partial charge in [0.1, 0.15) is 0 Å². The first kappa shape index (κ1) is 20.3. The van der Waals surface area contributed by atoms with Crippen LogP contribution in [0.3, 0.4) is 0 Å². The first-order chi connectivity index (χ1) is 15.6. The molecule has 32 heavy (non-hydrogen) atoms. The molecule has 5 rings (SSSR count). The van der Waals surface area contributed by atoms with Crippen LogP contribution in [-0.2, 0) is 13.0 Å². The zero-order valence-electron chi connectivity index (χ0n) is 18.3. The highest BCUT2D eigenvalue weighted by molar-refractivity contribution is 6.07. The van der Waals surface area contributed by atoms with E-state index in [-0.39, 0.29) is 11.9 Å². The van der Waals surface area contributed by atoms with Crippen LogP contribution in [0.2, 0.25) is 0 Å². The molecule has 162 valence electrons. The quantitative estimate of drug-likeness (QED) is 0.588. The molecule has 0 bridgehead atoms. The summed E-state index contributed by atoms with van der Waals surface area (Å²) in [6.45, 7) is 4.85. The summed E-state index contributed by atoms with van der Waals surface area (Å²) < 4.78 is 0. The van der Waals surface area contributed by atoms with Crippen molar-refractivity contribution in [1.29, 1.82) is 0 Å². The van der Waals surface area contributed by atoms with Crippen molar-refractivity contribution in [3.63, 3.8) is 0 Å². The van der Waals surface area contributed by atoms with Crippen LogP contribution in [0.5, 0.6) is 0 Å². The van der Waals surface area contributed by atoms with Gasteiger partial charge >= 0.3 is 6.03 Å². The highest BCUT2D eigenvalue weighted by Gasteiger charge is 2.28. The molecular formula is C27H27N3O2. The maximum absolute atomic E-state index is 13.2. The third-order valence-electron chi connectivity index (χ3n) is 6.49. The molecule has 1 fully saturated rings. The number of amides is 3. The molecule has 0 aromatic heterocycles. The van der Waals surface area contributed by atoms with Crippen molar-refractivity contribution in [3.05, 3.63) is 95.1 Å².